The molecule has 4 rings (SSSR count). The number of fused-ring (bicyclic) bond motifs is 1. The van der Waals surface area contributed by atoms with Crippen molar-refractivity contribution >= 4 is 45.1 Å². The number of thiazole rings is 1. The van der Waals surface area contributed by atoms with Gasteiger partial charge in [0.15, 0.2) is 0 Å². The molecule has 4 aromatic rings. The molecular weight excluding hydrogens is 352 g/mol. The minimum absolute atomic E-state index is 0.138. The van der Waals surface area contributed by atoms with Gasteiger partial charge in [0.1, 0.15) is 5.75 Å². The van der Waals surface area contributed by atoms with Gasteiger partial charge in [-0.3, -0.25) is 0 Å². The van der Waals surface area contributed by atoms with E-state index in [1.165, 1.54) is 22.1 Å². The van der Waals surface area contributed by atoms with E-state index in [4.69, 9.17) is 11.6 Å². The molecular formula is C20H13ClN2OS. The molecule has 3 aromatic carbocycles. The Morgan fingerprint density at radius 2 is 1.88 bits per heavy atom. The molecule has 1 N–H and O–H groups in total. The minimum Gasteiger partial charge on any atom is -0.507 e. The second-order valence-corrected chi connectivity index (χ2v) is 6.78. The van der Waals surface area contributed by atoms with Gasteiger partial charge in [0, 0.05) is 27.7 Å². The summed E-state index contributed by atoms with van der Waals surface area (Å²) in [5.74, 6) is 0.138. The molecule has 0 spiro atoms. The summed E-state index contributed by atoms with van der Waals surface area (Å²) in [5, 5.41) is 15.4. The number of hydrogen-bond donors (Lipinski definition) is 1. The van der Waals surface area contributed by atoms with Crippen molar-refractivity contribution < 1.29 is 5.11 Å². The minimum atomic E-state index is 0.138. The van der Waals surface area contributed by atoms with E-state index < -0.39 is 0 Å². The number of rotatable bonds is 3. The highest BCUT2D eigenvalue weighted by molar-refractivity contribution is 7.13. The second-order valence-electron chi connectivity index (χ2n) is 5.50. The molecule has 0 amide bonds. The van der Waals surface area contributed by atoms with Gasteiger partial charge in [-0.05, 0) is 29.0 Å². The van der Waals surface area contributed by atoms with Gasteiger partial charge in [-0.2, -0.15) is 0 Å². The van der Waals surface area contributed by atoms with Crippen LogP contribution in [0.4, 0.5) is 5.13 Å². The monoisotopic (exact) mass is 364 g/mol. The highest BCUT2D eigenvalue weighted by atomic mass is 35.5. The smallest absolute Gasteiger partial charge is 0.209 e. The molecule has 5 heteroatoms. The highest BCUT2D eigenvalue weighted by Gasteiger charge is 2.07. The zero-order valence-electron chi connectivity index (χ0n) is 13.1. The van der Waals surface area contributed by atoms with Gasteiger partial charge in [-0.25, -0.2) is 9.98 Å². The lowest BCUT2D eigenvalue weighted by molar-refractivity contribution is 0.474. The Kier molecular flexibility index (Phi) is 4.22. The Balaban J connectivity index is 1.68. The van der Waals surface area contributed by atoms with Crippen LogP contribution < -0.4 is 0 Å². The van der Waals surface area contributed by atoms with Gasteiger partial charge in [0.25, 0.3) is 0 Å². The zero-order valence-corrected chi connectivity index (χ0v) is 14.6. The third kappa shape index (κ3) is 3.27. The van der Waals surface area contributed by atoms with E-state index in [0.717, 1.165) is 11.3 Å². The number of hydrogen-bond acceptors (Lipinski definition) is 4. The van der Waals surface area contributed by atoms with Crippen molar-refractivity contribution in [1.29, 1.82) is 0 Å². The average molecular weight is 365 g/mol. The Hall–Kier alpha value is -2.69. The van der Waals surface area contributed by atoms with E-state index in [9.17, 15) is 5.11 Å². The van der Waals surface area contributed by atoms with Gasteiger partial charge in [-0.15, -0.1) is 11.3 Å². The predicted octanol–water partition coefficient (Wildman–Crippen LogP) is 6.07. The van der Waals surface area contributed by atoms with Crippen LogP contribution >= 0.6 is 22.9 Å². The Labute approximate surface area is 153 Å². The quantitative estimate of drug-likeness (QED) is 0.448. The molecule has 0 aliphatic heterocycles. The molecule has 3 nitrogen and oxygen atoms in total. The summed E-state index contributed by atoms with van der Waals surface area (Å²) in [7, 11) is 0. The standard InChI is InChI=1S/C20H13ClN2OS/c21-15-8-9-19(24)14(10-15)11-22-20-23-18(12-25-20)17-7-3-5-13-4-1-2-6-16(13)17/h1-12,24H. The van der Waals surface area contributed by atoms with Crippen LogP contribution in [0.5, 0.6) is 5.75 Å². The maximum absolute atomic E-state index is 9.85. The van der Waals surface area contributed by atoms with Crippen molar-refractivity contribution in [3.8, 4) is 17.0 Å². The van der Waals surface area contributed by atoms with Crippen LogP contribution in [0.25, 0.3) is 22.0 Å². The summed E-state index contributed by atoms with van der Waals surface area (Å²) in [6.45, 7) is 0. The normalized spacial score (nSPS) is 11.4. The molecule has 0 unspecified atom stereocenters. The lowest BCUT2D eigenvalue weighted by Crippen LogP contribution is -1.82. The summed E-state index contributed by atoms with van der Waals surface area (Å²) >= 11 is 7.41. The van der Waals surface area contributed by atoms with Crippen LogP contribution in [0.1, 0.15) is 5.56 Å². The lowest BCUT2D eigenvalue weighted by atomic mass is 10.0. The van der Waals surface area contributed by atoms with E-state index in [1.807, 2.05) is 23.6 Å². The molecule has 25 heavy (non-hydrogen) atoms. The average Bonchev–Trinajstić information content (AvgIpc) is 3.11. The van der Waals surface area contributed by atoms with Gasteiger partial charge in [-0.1, -0.05) is 54.1 Å². The van der Waals surface area contributed by atoms with E-state index in [0.29, 0.717) is 15.7 Å². The van der Waals surface area contributed by atoms with E-state index in [2.05, 4.69) is 34.2 Å². The summed E-state index contributed by atoms with van der Waals surface area (Å²) in [6.07, 6.45) is 1.58. The summed E-state index contributed by atoms with van der Waals surface area (Å²) in [4.78, 5) is 8.97. The molecule has 0 bridgehead atoms. The highest BCUT2D eigenvalue weighted by Crippen LogP contribution is 2.32. The number of halogens is 1. The largest absolute Gasteiger partial charge is 0.507 e. The van der Waals surface area contributed by atoms with E-state index in [-0.39, 0.29) is 5.75 Å². The molecule has 0 atom stereocenters. The molecule has 1 heterocycles. The summed E-state index contributed by atoms with van der Waals surface area (Å²) in [6, 6.07) is 19.3. The summed E-state index contributed by atoms with van der Waals surface area (Å²) < 4.78 is 0. The zero-order chi connectivity index (χ0) is 17.2. The van der Waals surface area contributed by atoms with Crippen molar-refractivity contribution in [3.63, 3.8) is 0 Å². The first-order valence-electron chi connectivity index (χ1n) is 7.67. The van der Waals surface area contributed by atoms with Gasteiger partial charge in [0.05, 0.1) is 5.69 Å². The molecule has 1 aromatic heterocycles. The lowest BCUT2D eigenvalue weighted by Gasteiger charge is -2.03. The number of phenols is 1. The van der Waals surface area contributed by atoms with Gasteiger partial charge >= 0.3 is 0 Å². The Morgan fingerprint density at radius 1 is 1.04 bits per heavy atom. The van der Waals surface area contributed by atoms with Crippen LogP contribution in [0.15, 0.2) is 71.0 Å². The fourth-order valence-electron chi connectivity index (χ4n) is 2.65. The van der Waals surface area contributed by atoms with Crippen LogP contribution in [-0.2, 0) is 0 Å². The van der Waals surface area contributed by atoms with Crippen LogP contribution in [0.2, 0.25) is 5.02 Å². The van der Waals surface area contributed by atoms with Crippen molar-refractivity contribution in [2.75, 3.05) is 0 Å². The number of aromatic nitrogens is 1. The molecule has 0 aliphatic carbocycles. The Morgan fingerprint density at radius 3 is 2.80 bits per heavy atom. The second kappa shape index (κ2) is 6.67. The maximum Gasteiger partial charge on any atom is 0.209 e. The number of aromatic hydroxyl groups is 1. The molecule has 0 saturated heterocycles. The SMILES string of the molecule is Oc1ccc(Cl)cc1C=Nc1nc(-c2cccc3ccccc23)cs1. The number of phenolic OH excluding ortho intramolecular Hbond substituents is 1. The van der Waals surface area contributed by atoms with E-state index >= 15 is 0 Å². The first kappa shape index (κ1) is 15.8. The van der Waals surface area contributed by atoms with Crippen molar-refractivity contribution in [1.82, 2.24) is 4.98 Å². The van der Waals surface area contributed by atoms with Crippen molar-refractivity contribution in [2.45, 2.75) is 0 Å². The van der Waals surface area contributed by atoms with Crippen LogP contribution in [-0.4, -0.2) is 16.3 Å². The van der Waals surface area contributed by atoms with Crippen molar-refractivity contribution in [2.24, 2.45) is 4.99 Å². The van der Waals surface area contributed by atoms with E-state index in [1.54, 1.807) is 24.4 Å². The van der Waals surface area contributed by atoms with Crippen LogP contribution in [0, 0.1) is 0 Å². The molecule has 0 radical (unpaired) electrons. The number of benzene rings is 3. The number of nitrogens with zero attached hydrogens (tertiary/aromatic N) is 2. The summed E-state index contributed by atoms with van der Waals surface area (Å²) in [5.41, 5.74) is 2.54. The third-order valence-electron chi connectivity index (χ3n) is 3.86. The fraction of sp³-hybridized carbons (Fsp3) is 0. The number of aliphatic imine (C=N–C) groups is 1. The van der Waals surface area contributed by atoms with Gasteiger partial charge in [0.2, 0.25) is 5.13 Å². The molecule has 0 aliphatic rings. The van der Waals surface area contributed by atoms with Crippen molar-refractivity contribution in [3.05, 3.63) is 76.6 Å². The first-order chi connectivity index (χ1) is 12.2. The predicted molar refractivity (Wildman–Crippen MR) is 105 cm³/mol. The fourth-order valence-corrected chi connectivity index (χ4v) is 3.49. The molecule has 0 fully saturated rings. The third-order valence-corrected chi connectivity index (χ3v) is 4.85. The molecule has 122 valence electrons. The topological polar surface area (TPSA) is 45.5 Å². The van der Waals surface area contributed by atoms with Gasteiger partial charge < -0.3 is 5.11 Å². The molecule has 0 saturated carbocycles. The first-order valence-corrected chi connectivity index (χ1v) is 8.93. The maximum atomic E-state index is 9.85. The Bertz CT molecular complexity index is 1080. The van der Waals surface area contributed by atoms with Crippen LogP contribution in [0.3, 0.4) is 0 Å².